The Kier molecular flexibility index (Phi) is 7.00. The minimum absolute atomic E-state index is 0.142. The van der Waals surface area contributed by atoms with E-state index in [9.17, 15) is 18.0 Å². The zero-order chi connectivity index (χ0) is 25.0. The highest BCUT2D eigenvalue weighted by molar-refractivity contribution is 7.92. The van der Waals surface area contributed by atoms with Crippen LogP contribution in [0.4, 0.5) is 11.4 Å². The summed E-state index contributed by atoms with van der Waals surface area (Å²) >= 11 is 6.10. The molecule has 0 aliphatic heterocycles. The van der Waals surface area contributed by atoms with Crippen molar-refractivity contribution in [1.29, 1.82) is 0 Å². The Labute approximate surface area is 208 Å². The summed E-state index contributed by atoms with van der Waals surface area (Å²) in [7, 11) is -3.76. The molecule has 4 aromatic rings. The van der Waals surface area contributed by atoms with E-state index in [-0.39, 0.29) is 21.8 Å². The molecule has 176 valence electrons. The summed E-state index contributed by atoms with van der Waals surface area (Å²) in [5.74, 6) is -0.730. The molecule has 8 heteroatoms. The van der Waals surface area contributed by atoms with Crippen LogP contribution in [-0.2, 0) is 10.0 Å². The van der Waals surface area contributed by atoms with Gasteiger partial charge in [-0.1, -0.05) is 59.6 Å². The fraction of sp³-hybridized carbons (Fsp3) is 0.0370. The van der Waals surface area contributed by atoms with E-state index in [0.29, 0.717) is 22.0 Å². The summed E-state index contributed by atoms with van der Waals surface area (Å²) in [5, 5.41) is 3.11. The van der Waals surface area contributed by atoms with E-state index >= 15 is 0 Å². The first-order valence-corrected chi connectivity index (χ1v) is 12.5. The van der Waals surface area contributed by atoms with E-state index in [4.69, 9.17) is 11.6 Å². The largest absolute Gasteiger partial charge is 0.321 e. The van der Waals surface area contributed by atoms with Crippen LogP contribution in [0.5, 0.6) is 0 Å². The van der Waals surface area contributed by atoms with Crippen molar-refractivity contribution in [2.75, 3.05) is 10.0 Å². The molecule has 0 spiro atoms. The number of halogens is 1. The van der Waals surface area contributed by atoms with Crippen molar-refractivity contribution in [1.82, 2.24) is 0 Å². The number of carbonyl (C=O) groups is 2. The molecule has 0 aromatic heterocycles. The molecule has 0 fully saturated rings. The van der Waals surface area contributed by atoms with Crippen LogP contribution in [0.15, 0.2) is 102 Å². The minimum atomic E-state index is -3.76. The number of ketones is 1. The maximum atomic E-state index is 13.0. The fourth-order valence-electron chi connectivity index (χ4n) is 3.37. The standard InChI is InChI=1S/C27H21ClN2O4S/c1-18-7-14-23(15-8-18)35(33,34)30-22-12-9-20(10-13-22)27(32)29-25-16-11-21(28)17-24(25)26(31)19-5-3-2-4-6-19/h2-17,30H,1H3,(H,29,32). The molecule has 0 aliphatic carbocycles. The molecular weight excluding hydrogens is 484 g/mol. The highest BCUT2D eigenvalue weighted by Gasteiger charge is 2.18. The Morgan fingerprint density at radius 2 is 1.43 bits per heavy atom. The molecule has 0 atom stereocenters. The number of hydrogen-bond acceptors (Lipinski definition) is 4. The Bertz CT molecular complexity index is 1480. The van der Waals surface area contributed by atoms with E-state index in [0.717, 1.165) is 5.56 Å². The summed E-state index contributed by atoms with van der Waals surface area (Å²) in [4.78, 5) is 26.0. The number of hydrogen-bond donors (Lipinski definition) is 2. The van der Waals surface area contributed by atoms with Gasteiger partial charge in [0.15, 0.2) is 5.78 Å². The van der Waals surface area contributed by atoms with Crippen molar-refractivity contribution < 1.29 is 18.0 Å². The van der Waals surface area contributed by atoms with E-state index in [1.165, 1.54) is 42.5 Å². The van der Waals surface area contributed by atoms with Gasteiger partial charge >= 0.3 is 0 Å². The smallest absolute Gasteiger partial charge is 0.261 e. The normalized spacial score (nSPS) is 11.0. The molecule has 1 amide bonds. The third-order valence-corrected chi connectivity index (χ3v) is 6.87. The first-order valence-electron chi connectivity index (χ1n) is 10.6. The van der Waals surface area contributed by atoms with Crippen LogP contribution in [0, 0.1) is 6.92 Å². The van der Waals surface area contributed by atoms with Crippen LogP contribution in [0.25, 0.3) is 0 Å². The van der Waals surface area contributed by atoms with E-state index in [1.807, 2.05) is 13.0 Å². The maximum Gasteiger partial charge on any atom is 0.261 e. The van der Waals surface area contributed by atoms with Crippen molar-refractivity contribution in [2.24, 2.45) is 0 Å². The zero-order valence-corrected chi connectivity index (χ0v) is 20.2. The van der Waals surface area contributed by atoms with Gasteiger partial charge in [-0.3, -0.25) is 14.3 Å². The molecule has 35 heavy (non-hydrogen) atoms. The zero-order valence-electron chi connectivity index (χ0n) is 18.7. The Morgan fingerprint density at radius 1 is 0.771 bits per heavy atom. The van der Waals surface area contributed by atoms with Crippen LogP contribution in [0.2, 0.25) is 5.02 Å². The lowest BCUT2D eigenvalue weighted by atomic mass is 10.0. The molecule has 0 saturated heterocycles. The lowest BCUT2D eigenvalue weighted by Crippen LogP contribution is -2.16. The van der Waals surface area contributed by atoms with Crippen LogP contribution < -0.4 is 10.0 Å². The Hall–Kier alpha value is -3.94. The lowest BCUT2D eigenvalue weighted by Gasteiger charge is -2.12. The van der Waals surface area contributed by atoms with Crippen molar-refractivity contribution in [3.05, 3.63) is 124 Å². The van der Waals surface area contributed by atoms with Gasteiger partial charge in [0, 0.05) is 27.4 Å². The average Bonchev–Trinajstić information content (AvgIpc) is 2.85. The predicted molar refractivity (Wildman–Crippen MR) is 138 cm³/mol. The molecule has 0 heterocycles. The molecule has 0 saturated carbocycles. The number of nitrogens with one attached hydrogen (secondary N) is 2. The molecule has 0 unspecified atom stereocenters. The topological polar surface area (TPSA) is 92.3 Å². The van der Waals surface area contributed by atoms with Gasteiger partial charge in [-0.2, -0.15) is 0 Å². The van der Waals surface area contributed by atoms with Gasteiger partial charge in [-0.15, -0.1) is 0 Å². The molecule has 4 aromatic carbocycles. The quantitative estimate of drug-likeness (QED) is 0.305. The number of aryl methyl sites for hydroxylation is 1. The number of carbonyl (C=O) groups excluding carboxylic acids is 2. The molecule has 0 aliphatic rings. The molecule has 0 bridgehead atoms. The van der Waals surface area contributed by atoms with Crippen LogP contribution in [0.1, 0.15) is 31.8 Å². The number of amides is 1. The Morgan fingerprint density at radius 3 is 2.09 bits per heavy atom. The molecule has 0 radical (unpaired) electrons. The summed E-state index contributed by atoms with van der Waals surface area (Å²) in [6, 6.07) is 25.8. The molecule has 4 rings (SSSR count). The first-order chi connectivity index (χ1) is 16.7. The van der Waals surface area contributed by atoms with Gasteiger partial charge in [-0.05, 0) is 61.5 Å². The summed E-state index contributed by atoms with van der Waals surface area (Å²) in [6.45, 7) is 1.87. The number of rotatable bonds is 7. The van der Waals surface area contributed by atoms with E-state index in [2.05, 4.69) is 10.0 Å². The first kappa shape index (κ1) is 24.2. The minimum Gasteiger partial charge on any atom is -0.321 e. The summed E-state index contributed by atoms with van der Waals surface area (Å²) in [5.41, 5.74) is 2.60. The van der Waals surface area contributed by atoms with Gasteiger partial charge in [0.1, 0.15) is 0 Å². The van der Waals surface area contributed by atoms with Crippen molar-refractivity contribution in [3.63, 3.8) is 0 Å². The molecule has 2 N–H and O–H groups in total. The van der Waals surface area contributed by atoms with Crippen LogP contribution in [-0.4, -0.2) is 20.1 Å². The second kappa shape index (κ2) is 10.1. The van der Waals surface area contributed by atoms with E-state index < -0.39 is 15.9 Å². The number of anilines is 2. The number of sulfonamides is 1. The predicted octanol–water partition coefficient (Wildman–Crippen LogP) is 5.93. The van der Waals surface area contributed by atoms with E-state index in [1.54, 1.807) is 48.5 Å². The van der Waals surface area contributed by atoms with Gasteiger partial charge in [0.25, 0.3) is 15.9 Å². The molecular formula is C27H21ClN2O4S. The van der Waals surface area contributed by atoms with Gasteiger partial charge < -0.3 is 5.32 Å². The highest BCUT2D eigenvalue weighted by Crippen LogP contribution is 2.25. The maximum absolute atomic E-state index is 13.0. The fourth-order valence-corrected chi connectivity index (χ4v) is 4.60. The second-order valence-electron chi connectivity index (χ2n) is 7.84. The van der Waals surface area contributed by atoms with Crippen LogP contribution >= 0.6 is 11.6 Å². The lowest BCUT2D eigenvalue weighted by molar-refractivity contribution is 0.102. The van der Waals surface area contributed by atoms with Crippen molar-refractivity contribution in [2.45, 2.75) is 11.8 Å². The van der Waals surface area contributed by atoms with Crippen LogP contribution in [0.3, 0.4) is 0 Å². The average molecular weight is 505 g/mol. The third-order valence-electron chi connectivity index (χ3n) is 5.24. The SMILES string of the molecule is Cc1ccc(S(=O)(=O)Nc2ccc(C(=O)Nc3ccc(Cl)cc3C(=O)c3ccccc3)cc2)cc1. The number of benzene rings is 4. The van der Waals surface area contributed by atoms with Gasteiger partial charge in [0.05, 0.1) is 10.6 Å². The summed E-state index contributed by atoms with van der Waals surface area (Å²) < 4.78 is 27.7. The Balaban J connectivity index is 1.51. The van der Waals surface area contributed by atoms with Gasteiger partial charge in [0.2, 0.25) is 0 Å². The van der Waals surface area contributed by atoms with Crippen molar-refractivity contribution >= 4 is 44.7 Å². The van der Waals surface area contributed by atoms with Crippen molar-refractivity contribution in [3.8, 4) is 0 Å². The third kappa shape index (κ3) is 5.77. The monoisotopic (exact) mass is 504 g/mol. The van der Waals surface area contributed by atoms with Gasteiger partial charge in [-0.25, -0.2) is 8.42 Å². The highest BCUT2D eigenvalue weighted by atomic mass is 35.5. The summed E-state index contributed by atoms with van der Waals surface area (Å²) in [6.07, 6.45) is 0. The molecule has 6 nitrogen and oxygen atoms in total. The second-order valence-corrected chi connectivity index (χ2v) is 9.95.